The Morgan fingerprint density at radius 3 is 2.48 bits per heavy atom. The number of hydrogen-bond donors (Lipinski definition) is 1. The molecule has 21 heavy (non-hydrogen) atoms. The molecule has 2 aromatic rings. The van der Waals surface area contributed by atoms with E-state index in [4.69, 9.17) is 0 Å². The fourth-order valence-electron chi connectivity index (χ4n) is 2.38. The molecule has 0 atom stereocenters. The van der Waals surface area contributed by atoms with Crippen molar-refractivity contribution in [3.05, 3.63) is 51.7 Å². The Hall–Kier alpha value is -1.32. The van der Waals surface area contributed by atoms with Crippen molar-refractivity contribution in [3.63, 3.8) is 0 Å². The lowest BCUT2D eigenvalue weighted by Gasteiger charge is -2.24. The number of nitrogens with one attached hydrogen (secondary N) is 1. The number of anilines is 1. The lowest BCUT2D eigenvalue weighted by Crippen LogP contribution is -2.22. The number of hydrogen-bond acceptors (Lipinski definition) is 3. The highest BCUT2D eigenvalue weighted by Gasteiger charge is 2.09. The van der Waals surface area contributed by atoms with Gasteiger partial charge < -0.3 is 10.2 Å². The zero-order valence-electron chi connectivity index (χ0n) is 13.5. The van der Waals surface area contributed by atoms with Crippen molar-refractivity contribution in [2.24, 2.45) is 0 Å². The largest absolute Gasteiger partial charge is 0.366 e. The molecule has 1 aromatic carbocycles. The van der Waals surface area contributed by atoms with Gasteiger partial charge in [0.2, 0.25) is 0 Å². The second kappa shape index (κ2) is 7.62. The first kappa shape index (κ1) is 16.1. The molecular weight excluding hydrogens is 276 g/mol. The molecule has 0 saturated carbocycles. The molecule has 0 amide bonds. The number of aryl methyl sites for hydroxylation is 1. The van der Waals surface area contributed by atoms with Crippen LogP contribution in [0.1, 0.15) is 36.1 Å². The van der Waals surface area contributed by atoms with Crippen LogP contribution in [0.5, 0.6) is 0 Å². The van der Waals surface area contributed by atoms with Gasteiger partial charge in [-0.1, -0.05) is 32.0 Å². The minimum Gasteiger partial charge on any atom is -0.366 e. The highest BCUT2D eigenvalue weighted by Crippen LogP contribution is 2.24. The maximum Gasteiger partial charge on any atom is 0.0522 e. The molecule has 0 radical (unpaired) electrons. The predicted molar refractivity (Wildman–Crippen MR) is 94.2 cm³/mol. The molecule has 1 aromatic heterocycles. The molecule has 1 heterocycles. The third kappa shape index (κ3) is 4.58. The van der Waals surface area contributed by atoms with Crippen LogP contribution in [0.2, 0.25) is 0 Å². The molecule has 0 aliphatic heterocycles. The molecule has 2 nitrogen and oxygen atoms in total. The summed E-state index contributed by atoms with van der Waals surface area (Å²) in [4.78, 5) is 5.29. The van der Waals surface area contributed by atoms with E-state index in [1.165, 1.54) is 21.0 Å². The Balaban J connectivity index is 2.04. The number of nitrogens with zero attached hydrogens (tertiary/aromatic N) is 1. The molecule has 0 aliphatic rings. The van der Waals surface area contributed by atoms with Crippen molar-refractivity contribution in [2.45, 2.75) is 46.8 Å². The van der Waals surface area contributed by atoms with E-state index in [1.807, 2.05) is 11.3 Å². The van der Waals surface area contributed by atoms with Crippen molar-refractivity contribution in [2.75, 3.05) is 11.4 Å². The number of rotatable bonds is 7. The molecule has 0 fully saturated rings. The van der Waals surface area contributed by atoms with Crippen molar-refractivity contribution in [1.82, 2.24) is 5.32 Å². The third-order valence-corrected chi connectivity index (χ3v) is 4.66. The normalized spacial score (nSPS) is 11.1. The standard InChI is InChI=1S/C18H26N2S/c1-5-20(18-9-7-6-8-15(18)4)13-17-11-10-16(21-17)12-19-14(2)3/h6-11,14,19H,5,12-13H2,1-4H3. The van der Waals surface area contributed by atoms with E-state index in [1.54, 1.807) is 0 Å². The Kier molecular flexibility index (Phi) is 5.83. The highest BCUT2D eigenvalue weighted by atomic mass is 32.1. The van der Waals surface area contributed by atoms with E-state index in [2.05, 4.69) is 74.3 Å². The zero-order chi connectivity index (χ0) is 15.2. The summed E-state index contributed by atoms with van der Waals surface area (Å²) in [5.74, 6) is 0. The maximum atomic E-state index is 3.48. The summed E-state index contributed by atoms with van der Waals surface area (Å²) in [6, 6.07) is 13.7. The molecular formula is C18H26N2S. The lowest BCUT2D eigenvalue weighted by molar-refractivity contribution is 0.593. The SMILES string of the molecule is CCN(Cc1ccc(CNC(C)C)s1)c1ccccc1C. The summed E-state index contributed by atoms with van der Waals surface area (Å²) < 4.78 is 0. The second-order valence-corrected chi connectivity index (χ2v) is 6.96. The Morgan fingerprint density at radius 2 is 1.81 bits per heavy atom. The summed E-state index contributed by atoms with van der Waals surface area (Å²) in [6.45, 7) is 11.8. The van der Waals surface area contributed by atoms with Crippen LogP contribution in [0, 0.1) is 6.92 Å². The first-order valence-corrected chi connectivity index (χ1v) is 8.53. The Morgan fingerprint density at radius 1 is 1.10 bits per heavy atom. The maximum absolute atomic E-state index is 3.48. The first-order valence-electron chi connectivity index (χ1n) is 7.71. The first-order chi connectivity index (χ1) is 10.1. The summed E-state index contributed by atoms with van der Waals surface area (Å²) in [5, 5.41) is 3.48. The average molecular weight is 302 g/mol. The average Bonchev–Trinajstić information content (AvgIpc) is 2.91. The van der Waals surface area contributed by atoms with Crippen LogP contribution in [0.3, 0.4) is 0 Å². The van der Waals surface area contributed by atoms with Crippen LogP contribution in [-0.2, 0) is 13.1 Å². The molecule has 2 rings (SSSR count). The van der Waals surface area contributed by atoms with Crippen molar-refractivity contribution in [3.8, 4) is 0 Å². The van der Waals surface area contributed by atoms with E-state index in [9.17, 15) is 0 Å². The van der Waals surface area contributed by atoms with Crippen LogP contribution >= 0.6 is 11.3 Å². The molecule has 3 heteroatoms. The molecule has 1 N–H and O–H groups in total. The van der Waals surface area contributed by atoms with Gasteiger partial charge in [0.1, 0.15) is 0 Å². The second-order valence-electron chi connectivity index (χ2n) is 5.70. The van der Waals surface area contributed by atoms with Gasteiger partial charge in [-0.05, 0) is 37.6 Å². The fourth-order valence-corrected chi connectivity index (χ4v) is 3.37. The third-order valence-electron chi connectivity index (χ3n) is 3.59. The quantitative estimate of drug-likeness (QED) is 0.805. The van der Waals surface area contributed by atoms with Gasteiger partial charge in [-0.2, -0.15) is 0 Å². The van der Waals surface area contributed by atoms with Gasteiger partial charge >= 0.3 is 0 Å². The predicted octanol–water partition coefficient (Wildman–Crippen LogP) is 4.58. The smallest absolute Gasteiger partial charge is 0.0522 e. The zero-order valence-corrected chi connectivity index (χ0v) is 14.3. The molecule has 114 valence electrons. The van der Waals surface area contributed by atoms with Crippen LogP contribution in [0.15, 0.2) is 36.4 Å². The van der Waals surface area contributed by atoms with Crippen molar-refractivity contribution < 1.29 is 0 Å². The van der Waals surface area contributed by atoms with Gasteiger partial charge in [0.05, 0.1) is 6.54 Å². The number of para-hydroxylation sites is 1. The molecule has 0 saturated heterocycles. The molecule has 0 spiro atoms. The van der Waals surface area contributed by atoms with E-state index in [0.717, 1.165) is 19.6 Å². The summed E-state index contributed by atoms with van der Waals surface area (Å²) in [5.41, 5.74) is 2.69. The monoisotopic (exact) mass is 302 g/mol. The summed E-state index contributed by atoms with van der Waals surface area (Å²) >= 11 is 1.91. The number of thiophene rings is 1. The van der Waals surface area contributed by atoms with Crippen molar-refractivity contribution >= 4 is 17.0 Å². The number of benzene rings is 1. The Labute approximate surface area is 132 Å². The van der Waals surface area contributed by atoms with E-state index >= 15 is 0 Å². The van der Waals surface area contributed by atoms with Gasteiger partial charge in [-0.3, -0.25) is 0 Å². The van der Waals surface area contributed by atoms with Gasteiger partial charge in [-0.25, -0.2) is 0 Å². The molecule has 0 bridgehead atoms. The van der Waals surface area contributed by atoms with Crippen LogP contribution < -0.4 is 10.2 Å². The van der Waals surface area contributed by atoms with Crippen molar-refractivity contribution in [1.29, 1.82) is 0 Å². The molecule has 0 unspecified atom stereocenters. The van der Waals surface area contributed by atoms with Crippen LogP contribution in [0.4, 0.5) is 5.69 Å². The molecule has 0 aliphatic carbocycles. The highest BCUT2D eigenvalue weighted by molar-refractivity contribution is 7.12. The van der Waals surface area contributed by atoms with E-state index < -0.39 is 0 Å². The fraction of sp³-hybridized carbons (Fsp3) is 0.444. The van der Waals surface area contributed by atoms with Gasteiger partial charge in [-0.15, -0.1) is 11.3 Å². The van der Waals surface area contributed by atoms with Crippen LogP contribution in [0.25, 0.3) is 0 Å². The minimum absolute atomic E-state index is 0.537. The summed E-state index contributed by atoms with van der Waals surface area (Å²) in [7, 11) is 0. The van der Waals surface area contributed by atoms with Crippen LogP contribution in [-0.4, -0.2) is 12.6 Å². The lowest BCUT2D eigenvalue weighted by atomic mass is 10.2. The van der Waals surface area contributed by atoms with Gasteiger partial charge in [0, 0.05) is 34.6 Å². The topological polar surface area (TPSA) is 15.3 Å². The minimum atomic E-state index is 0.537. The van der Waals surface area contributed by atoms with E-state index in [0.29, 0.717) is 6.04 Å². The Bertz CT molecular complexity index is 560. The summed E-state index contributed by atoms with van der Waals surface area (Å²) in [6.07, 6.45) is 0. The van der Waals surface area contributed by atoms with Gasteiger partial charge in [0.15, 0.2) is 0 Å². The van der Waals surface area contributed by atoms with E-state index in [-0.39, 0.29) is 0 Å². The van der Waals surface area contributed by atoms with Gasteiger partial charge in [0.25, 0.3) is 0 Å².